The predicted octanol–water partition coefficient (Wildman–Crippen LogP) is 4.59. The fraction of sp³-hybridized carbons (Fsp3) is 0.211. The summed E-state index contributed by atoms with van der Waals surface area (Å²) in [4.78, 5) is 0. The highest BCUT2D eigenvalue weighted by Crippen LogP contribution is 2.37. The van der Waals surface area contributed by atoms with E-state index >= 15 is 0 Å². The van der Waals surface area contributed by atoms with Crippen LogP contribution in [-0.2, 0) is 19.0 Å². The van der Waals surface area contributed by atoms with Crippen LogP contribution in [0, 0.1) is 5.82 Å². The summed E-state index contributed by atoms with van der Waals surface area (Å²) in [5, 5.41) is 7.51. The SMILES string of the molecule is Fc1ccccc1Cc1nn(-c2ccccc2C(F)(F)F)c2c1CCN2. The van der Waals surface area contributed by atoms with Crippen LogP contribution < -0.4 is 5.32 Å². The molecule has 3 aromatic rings. The first kappa shape index (κ1) is 16.6. The number of para-hydroxylation sites is 1. The van der Waals surface area contributed by atoms with Gasteiger partial charge in [0.25, 0.3) is 0 Å². The van der Waals surface area contributed by atoms with Gasteiger partial charge in [0, 0.05) is 18.5 Å². The molecule has 0 saturated carbocycles. The topological polar surface area (TPSA) is 29.9 Å². The highest BCUT2D eigenvalue weighted by molar-refractivity contribution is 5.59. The first-order chi connectivity index (χ1) is 12.4. The Labute approximate surface area is 147 Å². The van der Waals surface area contributed by atoms with Crippen LogP contribution in [0.2, 0.25) is 0 Å². The minimum atomic E-state index is -4.49. The molecule has 0 aliphatic carbocycles. The van der Waals surface area contributed by atoms with Crippen molar-refractivity contribution in [3.05, 3.63) is 76.7 Å². The van der Waals surface area contributed by atoms with Crippen LogP contribution in [0.15, 0.2) is 48.5 Å². The minimum absolute atomic E-state index is 0.0366. The fourth-order valence-electron chi connectivity index (χ4n) is 3.28. The molecule has 2 aromatic carbocycles. The standard InChI is InChI=1S/C19H15F4N3/c20-15-7-3-1-5-12(15)11-16-13-9-10-24-18(13)26(25-16)17-8-4-2-6-14(17)19(21,22)23/h1-8,24H,9-11H2. The number of fused-ring (bicyclic) bond motifs is 1. The lowest BCUT2D eigenvalue weighted by atomic mass is 10.1. The van der Waals surface area contributed by atoms with E-state index in [1.54, 1.807) is 24.3 Å². The summed E-state index contributed by atoms with van der Waals surface area (Å²) in [5.74, 6) is 0.200. The van der Waals surface area contributed by atoms with Crippen molar-refractivity contribution in [3.8, 4) is 5.69 Å². The van der Waals surface area contributed by atoms with Crippen molar-refractivity contribution in [2.24, 2.45) is 0 Å². The van der Waals surface area contributed by atoms with Gasteiger partial charge in [-0.3, -0.25) is 0 Å². The highest BCUT2D eigenvalue weighted by Gasteiger charge is 2.35. The van der Waals surface area contributed by atoms with Crippen LogP contribution in [0.5, 0.6) is 0 Å². The zero-order valence-electron chi connectivity index (χ0n) is 13.6. The minimum Gasteiger partial charge on any atom is -0.369 e. The van der Waals surface area contributed by atoms with Gasteiger partial charge >= 0.3 is 6.18 Å². The Morgan fingerprint density at radius 2 is 1.77 bits per heavy atom. The molecule has 134 valence electrons. The Bertz CT molecular complexity index is 960. The van der Waals surface area contributed by atoms with E-state index in [1.807, 2.05) is 0 Å². The van der Waals surface area contributed by atoms with Crippen molar-refractivity contribution in [2.75, 3.05) is 11.9 Å². The molecule has 26 heavy (non-hydrogen) atoms. The summed E-state index contributed by atoms with van der Waals surface area (Å²) in [6.07, 6.45) is -3.61. The quantitative estimate of drug-likeness (QED) is 0.692. The molecule has 0 unspecified atom stereocenters. The second kappa shape index (κ2) is 6.16. The highest BCUT2D eigenvalue weighted by atomic mass is 19.4. The van der Waals surface area contributed by atoms with Gasteiger partial charge in [0.1, 0.15) is 11.6 Å². The third-order valence-electron chi connectivity index (χ3n) is 4.49. The van der Waals surface area contributed by atoms with Crippen molar-refractivity contribution in [2.45, 2.75) is 19.0 Å². The molecule has 1 aromatic heterocycles. The number of nitrogens with one attached hydrogen (secondary N) is 1. The third-order valence-corrected chi connectivity index (χ3v) is 4.49. The normalized spacial score (nSPS) is 13.5. The van der Waals surface area contributed by atoms with E-state index in [-0.39, 0.29) is 17.9 Å². The van der Waals surface area contributed by atoms with Gasteiger partial charge in [-0.05, 0) is 30.2 Å². The molecule has 4 rings (SSSR count). The van der Waals surface area contributed by atoms with Crippen LogP contribution in [-0.4, -0.2) is 16.3 Å². The lowest BCUT2D eigenvalue weighted by Gasteiger charge is -2.14. The number of halogens is 4. The Morgan fingerprint density at radius 3 is 2.54 bits per heavy atom. The summed E-state index contributed by atoms with van der Waals surface area (Å²) < 4.78 is 55.4. The van der Waals surface area contributed by atoms with E-state index in [9.17, 15) is 17.6 Å². The molecule has 0 saturated heterocycles. The van der Waals surface area contributed by atoms with E-state index in [2.05, 4.69) is 10.4 Å². The molecule has 1 aliphatic heterocycles. The van der Waals surface area contributed by atoms with Crippen molar-refractivity contribution < 1.29 is 17.6 Å². The maximum absolute atomic E-state index is 14.0. The van der Waals surface area contributed by atoms with Crippen molar-refractivity contribution in [1.82, 2.24) is 9.78 Å². The van der Waals surface area contributed by atoms with Gasteiger partial charge in [0.2, 0.25) is 0 Å². The van der Waals surface area contributed by atoms with Gasteiger partial charge in [-0.1, -0.05) is 30.3 Å². The molecular weight excluding hydrogens is 346 g/mol. The number of nitrogens with zero attached hydrogens (tertiary/aromatic N) is 2. The van der Waals surface area contributed by atoms with Crippen molar-refractivity contribution >= 4 is 5.82 Å². The van der Waals surface area contributed by atoms with Gasteiger partial charge < -0.3 is 5.32 Å². The second-order valence-corrected chi connectivity index (χ2v) is 6.15. The van der Waals surface area contributed by atoms with Crippen molar-refractivity contribution in [1.29, 1.82) is 0 Å². The van der Waals surface area contributed by atoms with E-state index in [0.29, 0.717) is 30.0 Å². The molecule has 0 bridgehead atoms. The van der Waals surface area contributed by atoms with Gasteiger partial charge in [-0.15, -0.1) is 0 Å². The molecule has 3 nitrogen and oxygen atoms in total. The molecule has 1 aliphatic rings. The van der Waals surface area contributed by atoms with Gasteiger partial charge in [-0.2, -0.15) is 18.3 Å². The molecule has 2 heterocycles. The summed E-state index contributed by atoms with van der Waals surface area (Å²) in [7, 11) is 0. The van der Waals surface area contributed by atoms with E-state index in [4.69, 9.17) is 0 Å². The van der Waals surface area contributed by atoms with Gasteiger partial charge in [0.15, 0.2) is 0 Å². The largest absolute Gasteiger partial charge is 0.418 e. The van der Waals surface area contributed by atoms with E-state index < -0.39 is 11.7 Å². The first-order valence-electron chi connectivity index (χ1n) is 8.20. The monoisotopic (exact) mass is 361 g/mol. The van der Waals surface area contributed by atoms with Crippen molar-refractivity contribution in [3.63, 3.8) is 0 Å². The lowest BCUT2D eigenvalue weighted by molar-refractivity contribution is -0.137. The van der Waals surface area contributed by atoms with Crippen LogP contribution >= 0.6 is 0 Å². The number of hydrogen-bond acceptors (Lipinski definition) is 2. The number of rotatable bonds is 3. The predicted molar refractivity (Wildman–Crippen MR) is 90.0 cm³/mol. The molecule has 0 radical (unpaired) electrons. The number of benzene rings is 2. The average Bonchev–Trinajstić information content (AvgIpc) is 3.20. The maximum Gasteiger partial charge on any atom is 0.418 e. The van der Waals surface area contributed by atoms with Crippen LogP contribution in [0.4, 0.5) is 23.4 Å². The molecule has 0 fully saturated rings. The lowest BCUT2D eigenvalue weighted by Crippen LogP contribution is -2.13. The van der Waals surface area contributed by atoms with E-state index in [0.717, 1.165) is 11.6 Å². The number of alkyl halides is 3. The molecule has 7 heteroatoms. The zero-order valence-corrected chi connectivity index (χ0v) is 13.6. The van der Waals surface area contributed by atoms with Crippen LogP contribution in [0.3, 0.4) is 0 Å². The Morgan fingerprint density at radius 1 is 1.04 bits per heavy atom. The molecule has 0 atom stereocenters. The number of aromatic nitrogens is 2. The molecular formula is C19H15F4N3. The molecule has 0 amide bonds. The van der Waals surface area contributed by atoms with Crippen LogP contribution in [0.1, 0.15) is 22.4 Å². The van der Waals surface area contributed by atoms with Gasteiger partial charge in [0.05, 0.1) is 16.9 Å². The Balaban J connectivity index is 1.82. The number of anilines is 1. The molecule has 1 N–H and O–H groups in total. The fourth-order valence-corrected chi connectivity index (χ4v) is 3.28. The Kier molecular flexibility index (Phi) is 3.94. The second-order valence-electron chi connectivity index (χ2n) is 6.15. The molecule has 0 spiro atoms. The summed E-state index contributed by atoms with van der Waals surface area (Å²) in [6, 6.07) is 11.7. The number of hydrogen-bond donors (Lipinski definition) is 1. The Hall–Kier alpha value is -2.83. The zero-order chi connectivity index (χ0) is 18.3. The first-order valence-corrected chi connectivity index (χ1v) is 8.20. The third kappa shape index (κ3) is 2.83. The van der Waals surface area contributed by atoms with E-state index in [1.165, 1.54) is 22.9 Å². The summed E-state index contributed by atoms with van der Waals surface area (Å²) >= 11 is 0. The summed E-state index contributed by atoms with van der Waals surface area (Å²) in [5.41, 5.74) is 1.11. The smallest absolute Gasteiger partial charge is 0.369 e. The van der Waals surface area contributed by atoms with Crippen LogP contribution in [0.25, 0.3) is 5.69 Å². The summed E-state index contributed by atoms with van der Waals surface area (Å²) in [6.45, 7) is 0.617. The van der Waals surface area contributed by atoms with Gasteiger partial charge in [-0.25, -0.2) is 9.07 Å². The average molecular weight is 361 g/mol. The maximum atomic E-state index is 14.0.